The quantitative estimate of drug-likeness (QED) is 0.365. The predicted octanol–water partition coefficient (Wildman–Crippen LogP) is 2.45. The van der Waals surface area contributed by atoms with E-state index < -0.39 is 16.9 Å². The van der Waals surface area contributed by atoms with E-state index in [1.165, 1.54) is 29.7 Å². The maximum Gasteiger partial charge on any atom is 0.349 e. The fourth-order valence-corrected chi connectivity index (χ4v) is 4.06. The van der Waals surface area contributed by atoms with Gasteiger partial charge in [0.05, 0.1) is 18.2 Å². The van der Waals surface area contributed by atoms with Crippen molar-refractivity contribution in [3.63, 3.8) is 0 Å². The van der Waals surface area contributed by atoms with Gasteiger partial charge in [-0.15, -0.1) is 0 Å². The van der Waals surface area contributed by atoms with Crippen LogP contribution in [0, 0.1) is 6.92 Å². The van der Waals surface area contributed by atoms with E-state index >= 15 is 0 Å². The highest BCUT2D eigenvalue weighted by molar-refractivity contribution is 5.84. The highest BCUT2D eigenvalue weighted by Gasteiger charge is 2.17. The largest absolute Gasteiger partial charge is 0.507 e. The summed E-state index contributed by atoms with van der Waals surface area (Å²) in [5, 5.41) is 11.4. The van der Waals surface area contributed by atoms with Crippen molar-refractivity contribution in [3.05, 3.63) is 85.2 Å². The minimum atomic E-state index is -0.768. The van der Waals surface area contributed by atoms with Crippen molar-refractivity contribution in [3.8, 4) is 22.8 Å². The number of nitrogens with one attached hydrogen (secondary N) is 2. The molecule has 0 radical (unpaired) electrons. The molecule has 4 aromatic heterocycles. The zero-order valence-corrected chi connectivity index (χ0v) is 18.3. The second-order valence-electron chi connectivity index (χ2n) is 7.86. The smallest absolute Gasteiger partial charge is 0.349 e. The first-order chi connectivity index (χ1) is 16.4. The van der Waals surface area contributed by atoms with Crippen molar-refractivity contribution in [2.24, 2.45) is 0 Å². The zero-order valence-electron chi connectivity index (χ0n) is 18.3. The average Bonchev–Trinajstić information content (AvgIpc) is 3.20. The zero-order chi connectivity index (χ0) is 24.0. The molecule has 0 bridgehead atoms. The molecule has 5 rings (SSSR count). The lowest BCUT2D eigenvalue weighted by atomic mass is 10.1. The second-order valence-corrected chi connectivity index (χ2v) is 7.86. The van der Waals surface area contributed by atoms with Crippen molar-refractivity contribution in [2.75, 3.05) is 7.11 Å². The molecule has 0 fully saturated rings. The summed E-state index contributed by atoms with van der Waals surface area (Å²) in [7, 11) is 1.59. The molecule has 0 aliphatic carbocycles. The number of rotatable bonds is 5. The molecule has 5 aromatic rings. The Labute approximate surface area is 191 Å². The molecule has 172 valence electrons. The average molecular weight is 460 g/mol. The fraction of sp³-hybridized carbons (Fsp3) is 0.167. The van der Waals surface area contributed by atoms with Crippen LogP contribution in [0.4, 0.5) is 0 Å². The number of H-pyrrole nitrogens is 2. The van der Waals surface area contributed by atoms with Gasteiger partial charge in [-0.1, -0.05) is 0 Å². The van der Waals surface area contributed by atoms with E-state index in [0.717, 1.165) is 16.5 Å². The van der Waals surface area contributed by atoms with Gasteiger partial charge < -0.3 is 19.2 Å². The molecule has 0 unspecified atom stereocenters. The number of aryl methyl sites for hydroxylation is 3. The van der Waals surface area contributed by atoms with E-state index in [0.29, 0.717) is 12.2 Å². The van der Waals surface area contributed by atoms with Crippen LogP contribution in [-0.4, -0.2) is 31.7 Å². The summed E-state index contributed by atoms with van der Waals surface area (Å²) in [6.45, 7) is 1.75. The Morgan fingerprint density at radius 3 is 2.71 bits per heavy atom. The molecular formula is C24H20N4O6. The molecule has 0 saturated heterocycles. The van der Waals surface area contributed by atoms with E-state index in [1.807, 2.05) is 24.4 Å². The number of pyridine rings is 1. The minimum absolute atomic E-state index is 0.0920. The molecule has 10 heteroatoms. The van der Waals surface area contributed by atoms with E-state index in [4.69, 9.17) is 9.15 Å². The second kappa shape index (κ2) is 8.07. The van der Waals surface area contributed by atoms with Gasteiger partial charge >= 0.3 is 11.3 Å². The van der Waals surface area contributed by atoms with Gasteiger partial charge in [0.25, 0.3) is 5.56 Å². The highest BCUT2D eigenvalue weighted by Crippen LogP contribution is 2.27. The first-order valence-corrected chi connectivity index (χ1v) is 10.5. The predicted molar refractivity (Wildman–Crippen MR) is 126 cm³/mol. The van der Waals surface area contributed by atoms with Gasteiger partial charge in [-0.2, -0.15) is 0 Å². The van der Waals surface area contributed by atoms with Crippen LogP contribution >= 0.6 is 0 Å². The summed E-state index contributed by atoms with van der Waals surface area (Å²) in [5.41, 5.74) is -0.0553. The molecule has 1 aromatic carbocycles. The Bertz CT molecular complexity index is 1740. The molecule has 4 heterocycles. The maximum atomic E-state index is 12.7. The van der Waals surface area contributed by atoms with Crippen LogP contribution in [0.3, 0.4) is 0 Å². The van der Waals surface area contributed by atoms with Crippen LogP contribution in [0.1, 0.15) is 11.3 Å². The van der Waals surface area contributed by atoms with Gasteiger partial charge in [0.2, 0.25) is 0 Å². The van der Waals surface area contributed by atoms with Crippen LogP contribution in [0.15, 0.2) is 61.4 Å². The van der Waals surface area contributed by atoms with E-state index in [1.54, 1.807) is 7.11 Å². The fourth-order valence-electron chi connectivity index (χ4n) is 4.06. The summed E-state index contributed by atoms with van der Waals surface area (Å²) in [6, 6.07) is 9.86. The van der Waals surface area contributed by atoms with Gasteiger partial charge in [0.1, 0.15) is 28.5 Å². The van der Waals surface area contributed by atoms with Gasteiger partial charge in [0, 0.05) is 29.7 Å². The van der Waals surface area contributed by atoms with Crippen LogP contribution in [-0.2, 0) is 13.0 Å². The lowest BCUT2D eigenvalue weighted by Crippen LogP contribution is -2.31. The molecule has 0 aliphatic heterocycles. The van der Waals surface area contributed by atoms with Crippen molar-refractivity contribution < 1.29 is 14.3 Å². The molecule has 0 spiro atoms. The third kappa shape index (κ3) is 3.54. The molecule has 34 heavy (non-hydrogen) atoms. The number of nitrogens with zero attached hydrogens (tertiary/aromatic N) is 2. The van der Waals surface area contributed by atoms with Crippen LogP contribution in [0.5, 0.6) is 11.5 Å². The van der Waals surface area contributed by atoms with Crippen LogP contribution < -0.4 is 21.6 Å². The van der Waals surface area contributed by atoms with Crippen molar-refractivity contribution in [1.82, 2.24) is 19.5 Å². The Kier molecular flexibility index (Phi) is 5.05. The SMILES string of the molecule is COc1ccc2[nH]cc(CCn3c(=O)[nH]c(=O)c4ccc(-c5c(O)cc(C)oc5=O)nc43)c2c1. The van der Waals surface area contributed by atoms with Crippen molar-refractivity contribution >= 4 is 21.9 Å². The standard InChI is InChI=1S/C24H20N4O6/c1-12-9-19(29)20(23(31)34-12)18-6-4-15-21(26-18)28(24(32)27-22(15)30)8-7-13-11-25-17-5-3-14(33-2)10-16(13)17/h3-6,9-11,25,29H,7-8H2,1-2H3,(H,27,30,32). The Hall–Kier alpha value is -4.60. The molecule has 0 amide bonds. The topological polar surface area (TPSA) is 143 Å². The lowest BCUT2D eigenvalue weighted by Gasteiger charge is -2.10. The van der Waals surface area contributed by atoms with Crippen LogP contribution in [0.25, 0.3) is 33.2 Å². The normalized spacial score (nSPS) is 11.4. The third-order valence-electron chi connectivity index (χ3n) is 5.73. The summed E-state index contributed by atoms with van der Waals surface area (Å²) < 4.78 is 11.7. The van der Waals surface area contributed by atoms with Gasteiger partial charge in [-0.05, 0) is 49.2 Å². The number of hydrogen-bond donors (Lipinski definition) is 3. The summed E-state index contributed by atoms with van der Waals surface area (Å²) in [5.74, 6) is 0.658. The Balaban J connectivity index is 1.62. The number of methoxy groups -OCH3 is 1. The number of hydrogen-bond acceptors (Lipinski definition) is 7. The van der Waals surface area contributed by atoms with E-state index in [9.17, 15) is 19.5 Å². The lowest BCUT2D eigenvalue weighted by molar-refractivity contribution is 0.415. The number of aromatic hydroxyl groups is 1. The first-order valence-electron chi connectivity index (χ1n) is 10.5. The summed E-state index contributed by atoms with van der Waals surface area (Å²) >= 11 is 0. The summed E-state index contributed by atoms with van der Waals surface area (Å²) in [6.07, 6.45) is 2.31. The monoisotopic (exact) mass is 460 g/mol. The molecule has 0 saturated carbocycles. The molecule has 0 aliphatic rings. The Morgan fingerprint density at radius 2 is 1.94 bits per heavy atom. The minimum Gasteiger partial charge on any atom is -0.507 e. The van der Waals surface area contributed by atoms with Crippen LogP contribution in [0.2, 0.25) is 0 Å². The number of aromatic nitrogens is 4. The number of benzene rings is 1. The maximum absolute atomic E-state index is 12.7. The number of aromatic amines is 2. The molecular weight excluding hydrogens is 440 g/mol. The van der Waals surface area contributed by atoms with Gasteiger partial charge in [0.15, 0.2) is 0 Å². The summed E-state index contributed by atoms with van der Waals surface area (Å²) in [4.78, 5) is 47.4. The van der Waals surface area contributed by atoms with Gasteiger partial charge in [-0.3, -0.25) is 14.3 Å². The van der Waals surface area contributed by atoms with Crippen molar-refractivity contribution in [2.45, 2.75) is 19.9 Å². The third-order valence-corrected chi connectivity index (χ3v) is 5.73. The van der Waals surface area contributed by atoms with Gasteiger partial charge in [-0.25, -0.2) is 14.6 Å². The first kappa shape index (κ1) is 21.3. The number of fused-ring (bicyclic) bond motifs is 2. The molecule has 3 N–H and O–H groups in total. The molecule has 0 atom stereocenters. The van der Waals surface area contributed by atoms with Crippen molar-refractivity contribution in [1.29, 1.82) is 0 Å². The van der Waals surface area contributed by atoms with E-state index in [2.05, 4.69) is 15.0 Å². The molecule has 10 nitrogen and oxygen atoms in total. The van der Waals surface area contributed by atoms with E-state index in [-0.39, 0.29) is 40.3 Å². The number of ether oxygens (including phenoxy) is 1. The highest BCUT2D eigenvalue weighted by atomic mass is 16.5. The Morgan fingerprint density at radius 1 is 1.12 bits per heavy atom.